The van der Waals surface area contributed by atoms with Crippen molar-refractivity contribution in [1.82, 2.24) is 0 Å². The number of carbonyl (C=O) groups excluding carboxylic acids is 1. The monoisotopic (exact) mass is 232 g/mol. The number of nitro groups is 1. The van der Waals surface area contributed by atoms with Crippen molar-refractivity contribution in [1.29, 1.82) is 0 Å². The molecule has 0 radical (unpaired) electrons. The lowest BCUT2D eigenvalue weighted by Gasteiger charge is -2.05. The van der Waals surface area contributed by atoms with Gasteiger partial charge in [0.05, 0.1) is 4.92 Å². The van der Waals surface area contributed by atoms with Crippen LogP contribution in [0.5, 0.6) is 0 Å². The first-order chi connectivity index (χ1) is 6.93. The van der Waals surface area contributed by atoms with Crippen molar-refractivity contribution < 1.29 is 14.1 Å². The number of hydrogen-bond donors (Lipinski definition) is 1. The van der Waals surface area contributed by atoms with Gasteiger partial charge in [-0.1, -0.05) is 11.6 Å². The minimum Gasteiger partial charge on any atom is -0.322 e. The molecule has 0 saturated heterocycles. The summed E-state index contributed by atoms with van der Waals surface area (Å²) in [6, 6.07) is 1.80. The van der Waals surface area contributed by atoms with E-state index in [0.717, 1.165) is 19.1 Å². The van der Waals surface area contributed by atoms with Gasteiger partial charge in [0.2, 0.25) is 5.91 Å². The molecule has 80 valence electrons. The number of nitrogens with one attached hydrogen (secondary N) is 1. The summed E-state index contributed by atoms with van der Waals surface area (Å²) in [7, 11) is 0. The molecule has 1 aromatic carbocycles. The fourth-order valence-electron chi connectivity index (χ4n) is 0.973. The zero-order valence-corrected chi connectivity index (χ0v) is 8.34. The molecule has 0 saturated carbocycles. The highest BCUT2D eigenvalue weighted by atomic mass is 35.5. The second-order valence-electron chi connectivity index (χ2n) is 2.69. The van der Waals surface area contributed by atoms with Crippen LogP contribution in [0, 0.1) is 15.9 Å². The second kappa shape index (κ2) is 4.22. The van der Waals surface area contributed by atoms with E-state index in [2.05, 4.69) is 5.32 Å². The molecule has 1 aromatic rings. The van der Waals surface area contributed by atoms with E-state index in [1.54, 1.807) is 0 Å². The Hall–Kier alpha value is -1.69. The van der Waals surface area contributed by atoms with Crippen LogP contribution in [0.15, 0.2) is 12.1 Å². The van der Waals surface area contributed by atoms with E-state index in [0.29, 0.717) is 0 Å². The molecule has 1 rings (SSSR count). The first-order valence-corrected chi connectivity index (χ1v) is 4.21. The van der Waals surface area contributed by atoms with E-state index in [9.17, 15) is 19.3 Å². The number of rotatable bonds is 2. The molecule has 0 aliphatic heterocycles. The van der Waals surface area contributed by atoms with Crippen LogP contribution >= 0.6 is 11.6 Å². The van der Waals surface area contributed by atoms with Gasteiger partial charge in [-0.15, -0.1) is 0 Å². The van der Waals surface area contributed by atoms with Crippen LogP contribution in [-0.4, -0.2) is 10.8 Å². The van der Waals surface area contributed by atoms with Crippen molar-refractivity contribution in [2.24, 2.45) is 0 Å². The number of nitro benzene ring substituents is 1. The third-order valence-electron chi connectivity index (χ3n) is 1.57. The molecule has 1 amide bonds. The van der Waals surface area contributed by atoms with Crippen molar-refractivity contribution in [3.8, 4) is 0 Å². The van der Waals surface area contributed by atoms with Gasteiger partial charge >= 0.3 is 0 Å². The minimum atomic E-state index is -0.819. The molecule has 0 aliphatic rings. The van der Waals surface area contributed by atoms with Gasteiger partial charge < -0.3 is 5.32 Å². The van der Waals surface area contributed by atoms with Crippen LogP contribution in [0.2, 0.25) is 5.02 Å². The van der Waals surface area contributed by atoms with Gasteiger partial charge in [-0.05, 0) is 6.07 Å². The zero-order chi connectivity index (χ0) is 11.6. The highest BCUT2D eigenvalue weighted by Crippen LogP contribution is 2.33. The standard InChI is InChI=1S/C8H6ClFN2O3/c1-4(13)11-8-5(10)2-3-6(7(8)9)12(14)15/h2-3H,1H3,(H,11,13). The maximum Gasteiger partial charge on any atom is 0.290 e. The van der Waals surface area contributed by atoms with E-state index < -0.39 is 27.4 Å². The van der Waals surface area contributed by atoms with Crippen LogP contribution in [0.1, 0.15) is 6.92 Å². The summed E-state index contributed by atoms with van der Waals surface area (Å²) in [5, 5.41) is 12.1. The summed E-state index contributed by atoms with van der Waals surface area (Å²) >= 11 is 5.56. The predicted molar refractivity (Wildman–Crippen MR) is 52.4 cm³/mol. The van der Waals surface area contributed by atoms with E-state index in [4.69, 9.17) is 11.6 Å². The summed E-state index contributed by atoms with van der Waals surface area (Å²) in [6.07, 6.45) is 0. The number of halogens is 2. The van der Waals surface area contributed by atoms with Crippen LogP contribution in [0.4, 0.5) is 15.8 Å². The van der Waals surface area contributed by atoms with Crippen LogP contribution in [0.25, 0.3) is 0 Å². The molecule has 0 bridgehead atoms. The lowest BCUT2D eigenvalue weighted by Crippen LogP contribution is -2.08. The Labute approximate surface area is 89.0 Å². The average Bonchev–Trinajstić information content (AvgIpc) is 2.11. The van der Waals surface area contributed by atoms with E-state index in [-0.39, 0.29) is 5.69 Å². The lowest BCUT2D eigenvalue weighted by molar-refractivity contribution is -0.384. The Bertz CT molecular complexity index is 436. The highest BCUT2D eigenvalue weighted by Gasteiger charge is 2.19. The Morgan fingerprint density at radius 3 is 2.67 bits per heavy atom. The molecule has 5 nitrogen and oxygen atoms in total. The average molecular weight is 233 g/mol. The molecule has 15 heavy (non-hydrogen) atoms. The van der Waals surface area contributed by atoms with Crippen molar-refractivity contribution in [2.75, 3.05) is 5.32 Å². The zero-order valence-electron chi connectivity index (χ0n) is 7.58. The van der Waals surface area contributed by atoms with Crippen molar-refractivity contribution >= 4 is 28.9 Å². The maximum atomic E-state index is 13.1. The summed E-state index contributed by atoms with van der Waals surface area (Å²) in [5.74, 6) is -1.38. The third-order valence-corrected chi connectivity index (χ3v) is 1.95. The van der Waals surface area contributed by atoms with Crippen molar-refractivity contribution in [2.45, 2.75) is 6.92 Å². The van der Waals surface area contributed by atoms with Gasteiger partial charge in [0, 0.05) is 13.0 Å². The second-order valence-corrected chi connectivity index (χ2v) is 3.07. The normalized spacial score (nSPS) is 9.80. The Balaban J connectivity index is 3.29. The molecule has 1 N–H and O–H groups in total. The molecule has 0 aromatic heterocycles. The highest BCUT2D eigenvalue weighted by molar-refractivity contribution is 6.35. The largest absolute Gasteiger partial charge is 0.322 e. The van der Waals surface area contributed by atoms with Gasteiger partial charge in [-0.2, -0.15) is 0 Å². The smallest absolute Gasteiger partial charge is 0.290 e. The molecule has 0 spiro atoms. The van der Waals surface area contributed by atoms with Gasteiger partial charge in [-0.25, -0.2) is 4.39 Å². The minimum absolute atomic E-state index is 0.377. The number of amides is 1. The number of benzene rings is 1. The topological polar surface area (TPSA) is 72.2 Å². The molecule has 7 heteroatoms. The molecule has 0 unspecified atom stereocenters. The Kier molecular flexibility index (Phi) is 3.21. The van der Waals surface area contributed by atoms with Gasteiger partial charge in [0.15, 0.2) is 0 Å². The number of hydrogen-bond acceptors (Lipinski definition) is 3. The third kappa shape index (κ3) is 2.41. The molecule has 0 atom stereocenters. The lowest BCUT2D eigenvalue weighted by atomic mass is 10.2. The quantitative estimate of drug-likeness (QED) is 0.628. The summed E-state index contributed by atoms with van der Waals surface area (Å²) in [5.41, 5.74) is -0.833. The fraction of sp³-hybridized carbons (Fsp3) is 0.125. The van der Waals surface area contributed by atoms with Gasteiger partial charge in [-0.3, -0.25) is 14.9 Å². The van der Waals surface area contributed by atoms with Crippen LogP contribution in [0.3, 0.4) is 0 Å². The van der Waals surface area contributed by atoms with Crippen LogP contribution < -0.4 is 5.32 Å². The first kappa shape index (κ1) is 11.4. The maximum absolute atomic E-state index is 13.1. The van der Waals surface area contributed by atoms with Gasteiger partial charge in [0.1, 0.15) is 16.5 Å². The number of carbonyl (C=O) groups is 1. The summed E-state index contributed by atoms with van der Waals surface area (Å²) in [4.78, 5) is 20.4. The summed E-state index contributed by atoms with van der Waals surface area (Å²) in [6.45, 7) is 1.15. The fourth-order valence-corrected chi connectivity index (χ4v) is 1.24. The number of nitrogens with zero attached hydrogens (tertiary/aromatic N) is 1. The van der Waals surface area contributed by atoms with Crippen molar-refractivity contribution in [3.05, 3.63) is 33.1 Å². The molecular formula is C8H6ClFN2O3. The van der Waals surface area contributed by atoms with Gasteiger partial charge in [0.25, 0.3) is 5.69 Å². The molecule has 0 heterocycles. The Morgan fingerprint density at radius 2 is 2.20 bits per heavy atom. The Morgan fingerprint density at radius 1 is 1.60 bits per heavy atom. The van der Waals surface area contributed by atoms with E-state index >= 15 is 0 Å². The van der Waals surface area contributed by atoms with Crippen LogP contribution in [-0.2, 0) is 4.79 Å². The first-order valence-electron chi connectivity index (χ1n) is 3.83. The van der Waals surface area contributed by atoms with Crippen molar-refractivity contribution in [3.63, 3.8) is 0 Å². The SMILES string of the molecule is CC(=O)Nc1c(F)ccc([N+](=O)[O-])c1Cl. The number of anilines is 1. The van der Waals surface area contributed by atoms with E-state index in [1.165, 1.54) is 0 Å². The molecule has 0 aliphatic carbocycles. The predicted octanol–water partition coefficient (Wildman–Crippen LogP) is 2.35. The van der Waals surface area contributed by atoms with E-state index in [1.807, 2.05) is 0 Å². The molecule has 0 fully saturated rings. The summed E-state index contributed by atoms with van der Waals surface area (Å²) < 4.78 is 13.1. The molecular weight excluding hydrogens is 227 g/mol.